The predicted molar refractivity (Wildman–Crippen MR) is 116 cm³/mol. The van der Waals surface area contributed by atoms with Gasteiger partial charge in [-0.05, 0) is 65.3 Å². The molecule has 3 aromatic rings. The molecule has 0 bridgehead atoms. The smallest absolute Gasteiger partial charge is 0.281 e. The molecule has 3 N–H and O–H groups in total. The van der Waals surface area contributed by atoms with Crippen LogP contribution in [0.2, 0.25) is 0 Å². The minimum Gasteiger partial charge on any atom is -0.382 e. The van der Waals surface area contributed by atoms with Gasteiger partial charge in [-0.25, -0.2) is 22.5 Å². The molecule has 0 spiro atoms. The zero-order chi connectivity index (χ0) is 23.7. The molecule has 170 valence electrons. The van der Waals surface area contributed by atoms with Crippen molar-refractivity contribution >= 4 is 16.5 Å². The number of thiazole rings is 1. The molecule has 0 aliphatic heterocycles. The molecule has 0 amide bonds. The fourth-order valence-electron chi connectivity index (χ4n) is 5.23. The summed E-state index contributed by atoms with van der Waals surface area (Å²) < 4.78 is 58.3. The van der Waals surface area contributed by atoms with Crippen LogP contribution in [-0.4, -0.2) is 16.0 Å². The van der Waals surface area contributed by atoms with Gasteiger partial charge in [0.25, 0.3) is 5.92 Å². The zero-order valence-electron chi connectivity index (χ0n) is 17.5. The van der Waals surface area contributed by atoms with Crippen LogP contribution in [0.15, 0.2) is 24.3 Å². The molecular formula is C24H19F4N3OS. The summed E-state index contributed by atoms with van der Waals surface area (Å²) in [7, 11) is 0. The molecule has 3 atom stereocenters. The van der Waals surface area contributed by atoms with Crippen molar-refractivity contribution in [2.24, 2.45) is 0 Å². The number of nitrogens with zero attached hydrogens (tertiary/aromatic N) is 2. The van der Waals surface area contributed by atoms with E-state index < -0.39 is 36.4 Å². The van der Waals surface area contributed by atoms with E-state index in [1.54, 1.807) is 19.1 Å². The number of aliphatic hydroxyl groups is 1. The van der Waals surface area contributed by atoms with Crippen LogP contribution in [0.25, 0.3) is 10.4 Å². The number of nitriles is 1. The number of halogens is 4. The van der Waals surface area contributed by atoms with Crippen LogP contribution in [0, 0.1) is 24.1 Å². The summed E-state index contributed by atoms with van der Waals surface area (Å²) in [5.41, 5.74) is 8.09. The second kappa shape index (κ2) is 7.54. The van der Waals surface area contributed by atoms with E-state index in [1.807, 2.05) is 6.07 Å². The van der Waals surface area contributed by atoms with E-state index >= 15 is 0 Å². The number of alkyl halides is 3. The normalized spacial score (nSPS) is 23.1. The number of nitrogen functional groups attached to an aromatic ring is 1. The third-order valence-corrected chi connectivity index (χ3v) is 7.62. The van der Waals surface area contributed by atoms with Gasteiger partial charge in [-0.3, -0.25) is 0 Å². The number of anilines is 1. The largest absolute Gasteiger partial charge is 0.382 e. The standard InChI is InChI=1S/C24H19F4N3OS/c1-10-21(33-23(30)31-10)15-3-2-13(17-8-24(27,28)22(32)20(15)17)14-4-5-18(26)16-7-12(25)6-11(9-29)19(14)16/h2-3,6-7,14,18,22,32H,4-5,8H2,1H3,(H2,30,31)/t14-,18+,22+/m1/s1. The lowest BCUT2D eigenvalue weighted by atomic mass is 9.74. The topological polar surface area (TPSA) is 82.9 Å². The number of hydrogen-bond acceptors (Lipinski definition) is 5. The monoisotopic (exact) mass is 473 g/mol. The van der Waals surface area contributed by atoms with E-state index in [0.29, 0.717) is 27.3 Å². The van der Waals surface area contributed by atoms with Crippen LogP contribution >= 0.6 is 11.3 Å². The van der Waals surface area contributed by atoms with Gasteiger partial charge in [0.15, 0.2) is 5.13 Å². The Bertz CT molecular complexity index is 1330. The molecule has 5 rings (SSSR count). The first-order valence-electron chi connectivity index (χ1n) is 10.4. The number of aliphatic hydroxyl groups excluding tert-OH is 1. The van der Waals surface area contributed by atoms with Crippen LogP contribution in [0.3, 0.4) is 0 Å². The summed E-state index contributed by atoms with van der Waals surface area (Å²) >= 11 is 1.15. The molecule has 2 aliphatic carbocycles. The van der Waals surface area contributed by atoms with Crippen molar-refractivity contribution in [3.8, 4) is 16.5 Å². The first-order valence-corrected chi connectivity index (χ1v) is 11.3. The van der Waals surface area contributed by atoms with Crippen molar-refractivity contribution < 1.29 is 22.7 Å². The lowest BCUT2D eigenvalue weighted by Gasteiger charge is -2.31. The van der Waals surface area contributed by atoms with E-state index in [2.05, 4.69) is 4.98 Å². The van der Waals surface area contributed by atoms with Gasteiger partial charge in [0.2, 0.25) is 0 Å². The van der Waals surface area contributed by atoms with Crippen LogP contribution in [-0.2, 0) is 6.42 Å². The minimum absolute atomic E-state index is 0.00782. The first-order chi connectivity index (χ1) is 15.6. The molecule has 0 radical (unpaired) electrons. The van der Waals surface area contributed by atoms with E-state index in [-0.39, 0.29) is 40.2 Å². The van der Waals surface area contributed by atoms with E-state index in [4.69, 9.17) is 5.73 Å². The number of fused-ring (bicyclic) bond motifs is 2. The zero-order valence-corrected chi connectivity index (χ0v) is 18.3. The fourth-order valence-corrected chi connectivity index (χ4v) is 6.10. The van der Waals surface area contributed by atoms with Crippen LogP contribution in [0.4, 0.5) is 22.7 Å². The fraction of sp³-hybridized carbons (Fsp3) is 0.333. The van der Waals surface area contributed by atoms with Gasteiger partial charge in [-0.15, -0.1) is 0 Å². The molecule has 1 aromatic heterocycles. The number of aryl methyl sites for hydroxylation is 1. The van der Waals surface area contributed by atoms with Gasteiger partial charge in [0.1, 0.15) is 18.1 Å². The van der Waals surface area contributed by atoms with Crippen LogP contribution in [0.5, 0.6) is 0 Å². The van der Waals surface area contributed by atoms with Crippen molar-refractivity contribution in [1.82, 2.24) is 4.98 Å². The Hall–Kier alpha value is -2.96. The van der Waals surface area contributed by atoms with E-state index in [0.717, 1.165) is 23.5 Å². The lowest BCUT2D eigenvalue weighted by Crippen LogP contribution is -2.22. The number of benzene rings is 2. The van der Waals surface area contributed by atoms with E-state index in [1.165, 1.54) is 0 Å². The summed E-state index contributed by atoms with van der Waals surface area (Å²) in [4.78, 5) is 4.77. The summed E-state index contributed by atoms with van der Waals surface area (Å²) in [6.45, 7) is 1.72. The Balaban J connectivity index is 1.76. The van der Waals surface area contributed by atoms with Crippen molar-refractivity contribution in [3.63, 3.8) is 0 Å². The van der Waals surface area contributed by atoms with Crippen LogP contribution in [0.1, 0.15) is 70.1 Å². The highest BCUT2D eigenvalue weighted by atomic mass is 32.1. The van der Waals surface area contributed by atoms with Gasteiger partial charge in [-0.1, -0.05) is 23.5 Å². The highest BCUT2D eigenvalue weighted by Crippen LogP contribution is 2.53. The van der Waals surface area contributed by atoms with Crippen LogP contribution < -0.4 is 5.73 Å². The summed E-state index contributed by atoms with van der Waals surface area (Å²) in [6.07, 6.45) is -3.80. The minimum atomic E-state index is -3.39. The Morgan fingerprint density at radius 2 is 1.97 bits per heavy atom. The Morgan fingerprint density at radius 1 is 1.21 bits per heavy atom. The molecule has 0 saturated heterocycles. The van der Waals surface area contributed by atoms with Crippen molar-refractivity contribution in [3.05, 3.63) is 69.2 Å². The third-order valence-electron chi connectivity index (χ3n) is 6.60. The maximum absolute atomic E-state index is 14.8. The molecule has 0 saturated carbocycles. The quantitative estimate of drug-likeness (QED) is 0.456. The van der Waals surface area contributed by atoms with Crippen molar-refractivity contribution in [2.75, 3.05) is 5.73 Å². The molecule has 2 aromatic carbocycles. The second-order valence-corrected chi connectivity index (χ2v) is 9.60. The Kier molecular flexibility index (Phi) is 4.99. The SMILES string of the molecule is Cc1nc(N)sc1-c1ccc([C@H]2CC[C@H](F)c3cc(F)cc(C#N)c32)c2c1[C@H](O)C(F)(F)C2. The summed E-state index contributed by atoms with van der Waals surface area (Å²) in [5.74, 6) is -4.67. The maximum Gasteiger partial charge on any atom is 0.281 e. The highest BCUT2D eigenvalue weighted by Gasteiger charge is 2.50. The highest BCUT2D eigenvalue weighted by molar-refractivity contribution is 7.18. The first kappa shape index (κ1) is 21.9. The van der Waals surface area contributed by atoms with Gasteiger partial charge in [0, 0.05) is 12.3 Å². The second-order valence-electron chi connectivity index (χ2n) is 8.57. The number of rotatable bonds is 2. The molecule has 2 aliphatic rings. The Labute approximate surface area is 191 Å². The predicted octanol–water partition coefficient (Wildman–Crippen LogP) is 5.87. The molecule has 4 nitrogen and oxygen atoms in total. The summed E-state index contributed by atoms with van der Waals surface area (Å²) in [6, 6.07) is 7.39. The lowest BCUT2D eigenvalue weighted by molar-refractivity contribution is -0.0966. The Morgan fingerprint density at radius 3 is 2.64 bits per heavy atom. The number of aromatic nitrogens is 1. The molecule has 9 heteroatoms. The number of nitrogens with two attached hydrogens (primary N) is 1. The van der Waals surface area contributed by atoms with Crippen molar-refractivity contribution in [2.45, 2.75) is 50.3 Å². The van der Waals surface area contributed by atoms with Crippen molar-refractivity contribution in [1.29, 1.82) is 5.26 Å². The van der Waals surface area contributed by atoms with Gasteiger partial charge in [-0.2, -0.15) is 5.26 Å². The summed E-state index contributed by atoms with van der Waals surface area (Å²) in [5, 5.41) is 20.5. The molecule has 0 unspecified atom stereocenters. The maximum atomic E-state index is 14.8. The molecule has 1 heterocycles. The van der Waals surface area contributed by atoms with Gasteiger partial charge < -0.3 is 10.8 Å². The van der Waals surface area contributed by atoms with E-state index in [9.17, 15) is 27.9 Å². The van der Waals surface area contributed by atoms with Gasteiger partial charge >= 0.3 is 0 Å². The third kappa shape index (κ3) is 3.31. The average Bonchev–Trinajstić information content (AvgIpc) is 3.22. The average molecular weight is 473 g/mol. The molecular weight excluding hydrogens is 454 g/mol. The number of hydrogen-bond donors (Lipinski definition) is 2. The molecule has 33 heavy (non-hydrogen) atoms. The van der Waals surface area contributed by atoms with Gasteiger partial charge in [0.05, 0.1) is 22.2 Å². The molecule has 0 fully saturated rings.